The zero-order chi connectivity index (χ0) is 19.5. The fourth-order valence-electron chi connectivity index (χ4n) is 3.70. The van der Waals surface area contributed by atoms with Crippen LogP contribution in [0.3, 0.4) is 0 Å². The summed E-state index contributed by atoms with van der Waals surface area (Å²) in [7, 11) is 0. The van der Waals surface area contributed by atoms with Crippen molar-refractivity contribution in [3.63, 3.8) is 0 Å². The monoisotopic (exact) mass is 376 g/mol. The van der Waals surface area contributed by atoms with Crippen molar-refractivity contribution in [3.8, 4) is 0 Å². The van der Waals surface area contributed by atoms with Crippen LogP contribution in [0.1, 0.15) is 42.1 Å². The number of amides is 2. The number of aromatic nitrogens is 2. The van der Waals surface area contributed by atoms with Gasteiger partial charge in [0.05, 0.1) is 11.0 Å². The quantitative estimate of drug-likeness (QED) is 0.711. The Labute approximate surface area is 164 Å². The molecule has 0 atom stereocenters. The van der Waals surface area contributed by atoms with E-state index in [0.29, 0.717) is 24.5 Å². The molecule has 0 radical (unpaired) electrons. The van der Waals surface area contributed by atoms with E-state index in [9.17, 15) is 9.59 Å². The molecule has 6 nitrogen and oxygen atoms in total. The predicted molar refractivity (Wildman–Crippen MR) is 109 cm³/mol. The predicted octanol–water partition coefficient (Wildman–Crippen LogP) is 3.82. The minimum Gasteiger partial charge on any atom is -0.338 e. The number of aryl methyl sites for hydroxylation is 1. The Balaban J connectivity index is 1.55. The van der Waals surface area contributed by atoms with Crippen molar-refractivity contribution < 1.29 is 9.59 Å². The fraction of sp³-hybridized carbons (Fsp3) is 0.318. The first-order valence-electron chi connectivity index (χ1n) is 9.79. The Morgan fingerprint density at radius 3 is 2.82 bits per heavy atom. The molecule has 6 heteroatoms. The normalized spacial score (nSPS) is 14.0. The van der Waals surface area contributed by atoms with Crippen LogP contribution in [0.15, 0.2) is 48.5 Å². The molecule has 0 saturated carbocycles. The van der Waals surface area contributed by atoms with Crippen LogP contribution in [-0.2, 0) is 17.9 Å². The molecule has 2 amide bonds. The molecule has 0 spiro atoms. The van der Waals surface area contributed by atoms with Crippen molar-refractivity contribution in [1.82, 2.24) is 14.5 Å². The molecular formula is C22H24N4O2. The van der Waals surface area contributed by atoms with Crippen LogP contribution in [0.25, 0.3) is 11.0 Å². The summed E-state index contributed by atoms with van der Waals surface area (Å²) in [6.45, 7) is 4.22. The highest BCUT2D eigenvalue weighted by Gasteiger charge is 2.20. The van der Waals surface area contributed by atoms with E-state index in [2.05, 4.69) is 17.2 Å². The lowest BCUT2D eigenvalue weighted by atomic mass is 10.1. The lowest BCUT2D eigenvalue weighted by Crippen LogP contribution is -2.24. The van der Waals surface area contributed by atoms with Gasteiger partial charge in [0.2, 0.25) is 11.9 Å². The molecule has 144 valence electrons. The van der Waals surface area contributed by atoms with Gasteiger partial charge in [0.25, 0.3) is 5.91 Å². The first-order valence-corrected chi connectivity index (χ1v) is 9.79. The number of nitrogens with zero attached hydrogens (tertiary/aromatic N) is 3. The van der Waals surface area contributed by atoms with Gasteiger partial charge in [-0.1, -0.05) is 31.2 Å². The molecule has 1 aliphatic rings. The number of likely N-dealkylation sites (tertiary alicyclic amines) is 1. The van der Waals surface area contributed by atoms with Crippen molar-refractivity contribution >= 4 is 28.8 Å². The number of imidazole rings is 1. The number of anilines is 1. The van der Waals surface area contributed by atoms with Gasteiger partial charge in [-0.25, -0.2) is 4.98 Å². The van der Waals surface area contributed by atoms with Gasteiger partial charge in [0.1, 0.15) is 0 Å². The molecule has 0 aliphatic carbocycles. The first kappa shape index (κ1) is 18.2. The second kappa shape index (κ2) is 7.84. The maximum Gasteiger partial charge on any atom is 0.257 e. The van der Waals surface area contributed by atoms with Gasteiger partial charge in [-0.05, 0) is 42.7 Å². The molecule has 4 rings (SSSR count). The average molecular weight is 376 g/mol. The molecule has 2 aromatic carbocycles. The second-order valence-corrected chi connectivity index (χ2v) is 7.15. The third kappa shape index (κ3) is 3.63. The molecule has 2 heterocycles. The molecular weight excluding hydrogens is 352 g/mol. The highest BCUT2D eigenvalue weighted by atomic mass is 16.2. The average Bonchev–Trinajstić information content (AvgIpc) is 3.26. The largest absolute Gasteiger partial charge is 0.338 e. The zero-order valence-corrected chi connectivity index (χ0v) is 16.0. The van der Waals surface area contributed by atoms with Crippen LogP contribution >= 0.6 is 0 Å². The lowest BCUT2D eigenvalue weighted by molar-refractivity contribution is -0.128. The summed E-state index contributed by atoms with van der Waals surface area (Å²) in [6, 6.07) is 15.3. The second-order valence-electron chi connectivity index (χ2n) is 7.15. The summed E-state index contributed by atoms with van der Waals surface area (Å²) in [4.78, 5) is 31.2. The summed E-state index contributed by atoms with van der Waals surface area (Å²) in [5.74, 6) is 0.554. The molecule has 1 saturated heterocycles. The van der Waals surface area contributed by atoms with Crippen molar-refractivity contribution in [2.45, 2.75) is 39.3 Å². The van der Waals surface area contributed by atoms with E-state index in [1.54, 1.807) is 6.07 Å². The van der Waals surface area contributed by atoms with Crippen LogP contribution < -0.4 is 5.32 Å². The minimum absolute atomic E-state index is 0.183. The molecule has 0 bridgehead atoms. The maximum atomic E-state index is 12.9. The Morgan fingerprint density at radius 2 is 2.04 bits per heavy atom. The first-order chi connectivity index (χ1) is 13.7. The minimum atomic E-state index is -0.192. The summed E-state index contributed by atoms with van der Waals surface area (Å²) in [5.41, 5.74) is 3.41. The Hall–Kier alpha value is -3.15. The third-order valence-corrected chi connectivity index (χ3v) is 5.06. The molecule has 0 unspecified atom stereocenters. The molecule has 1 fully saturated rings. The Morgan fingerprint density at radius 1 is 1.18 bits per heavy atom. The van der Waals surface area contributed by atoms with Gasteiger partial charge in [0.15, 0.2) is 0 Å². The van der Waals surface area contributed by atoms with E-state index in [1.807, 2.05) is 51.9 Å². The summed E-state index contributed by atoms with van der Waals surface area (Å²) < 4.78 is 2.04. The number of carbonyl (C=O) groups is 2. The smallest absolute Gasteiger partial charge is 0.257 e. The number of nitrogens with one attached hydrogen (secondary N) is 1. The molecule has 1 N–H and O–H groups in total. The van der Waals surface area contributed by atoms with Gasteiger partial charge in [-0.2, -0.15) is 0 Å². The molecule has 28 heavy (non-hydrogen) atoms. The van der Waals surface area contributed by atoms with Crippen molar-refractivity contribution in [2.75, 3.05) is 11.9 Å². The third-order valence-electron chi connectivity index (χ3n) is 5.06. The van der Waals surface area contributed by atoms with Crippen molar-refractivity contribution in [1.29, 1.82) is 0 Å². The maximum absolute atomic E-state index is 12.9. The van der Waals surface area contributed by atoms with Crippen molar-refractivity contribution in [2.24, 2.45) is 0 Å². The number of para-hydroxylation sites is 2. The molecule has 3 aromatic rings. The van der Waals surface area contributed by atoms with Gasteiger partial charge < -0.3 is 9.47 Å². The van der Waals surface area contributed by atoms with Gasteiger partial charge in [-0.15, -0.1) is 0 Å². The number of carbonyl (C=O) groups excluding carboxylic acids is 2. The SMILES string of the molecule is CCCn1c(NC(=O)c2cccc(CN3CCCC3=O)c2)nc2ccccc21. The lowest BCUT2D eigenvalue weighted by Gasteiger charge is -2.16. The van der Waals surface area contributed by atoms with Crippen LogP contribution in [0, 0.1) is 0 Å². The van der Waals surface area contributed by atoms with E-state index >= 15 is 0 Å². The molecule has 1 aliphatic heterocycles. The molecule has 1 aromatic heterocycles. The van der Waals surface area contributed by atoms with Gasteiger partial charge >= 0.3 is 0 Å². The summed E-state index contributed by atoms with van der Waals surface area (Å²) >= 11 is 0. The van der Waals surface area contributed by atoms with E-state index in [0.717, 1.165) is 42.5 Å². The van der Waals surface area contributed by atoms with Crippen LogP contribution in [0.5, 0.6) is 0 Å². The van der Waals surface area contributed by atoms with E-state index in [1.165, 1.54) is 0 Å². The number of benzene rings is 2. The van der Waals surface area contributed by atoms with Crippen molar-refractivity contribution in [3.05, 3.63) is 59.7 Å². The van der Waals surface area contributed by atoms with Crippen LogP contribution in [-0.4, -0.2) is 32.8 Å². The highest BCUT2D eigenvalue weighted by molar-refractivity contribution is 6.04. The summed E-state index contributed by atoms with van der Waals surface area (Å²) in [5, 5.41) is 2.96. The van der Waals surface area contributed by atoms with E-state index in [4.69, 9.17) is 0 Å². The van der Waals surface area contributed by atoms with Gasteiger partial charge in [-0.3, -0.25) is 14.9 Å². The standard InChI is InChI=1S/C22H24N4O2/c1-2-12-26-19-10-4-3-9-18(19)23-22(26)24-21(28)17-8-5-7-16(14-17)15-25-13-6-11-20(25)27/h3-5,7-10,14H,2,6,11-13,15H2,1H3,(H,23,24,28). The topological polar surface area (TPSA) is 67.2 Å². The number of rotatable bonds is 6. The number of fused-ring (bicyclic) bond motifs is 1. The van der Waals surface area contributed by atoms with E-state index < -0.39 is 0 Å². The van der Waals surface area contributed by atoms with Crippen LogP contribution in [0.2, 0.25) is 0 Å². The number of hydrogen-bond acceptors (Lipinski definition) is 3. The van der Waals surface area contributed by atoms with E-state index in [-0.39, 0.29) is 11.8 Å². The fourth-order valence-corrected chi connectivity index (χ4v) is 3.70. The highest BCUT2D eigenvalue weighted by Crippen LogP contribution is 2.21. The Kier molecular flexibility index (Phi) is 5.10. The van der Waals surface area contributed by atoms with Crippen LogP contribution in [0.4, 0.5) is 5.95 Å². The number of hydrogen-bond donors (Lipinski definition) is 1. The summed E-state index contributed by atoms with van der Waals surface area (Å²) in [6.07, 6.45) is 2.48. The zero-order valence-electron chi connectivity index (χ0n) is 16.0. The Bertz CT molecular complexity index is 1020. The van der Waals surface area contributed by atoms with Gasteiger partial charge in [0, 0.05) is 31.6 Å².